The van der Waals surface area contributed by atoms with Crippen LogP contribution in [0.4, 0.5) is 10.5 Å². The fourth-order valence-electron chi connectivity index (χ4n) is 5.27. The van der Waals surface area contributed by atoms with Crippen molar-refractivity contribution in [1.29, 1.82) is 0 Å². The Morgan fingerprint density at radius 3 is 2.36 bits per heavy atom. The zero-order chi connectivity index (χ0) is 24.5. The maximum atomic E-state index is 13.0. The second-order valence-electron chi connectivity index (χ2n) is 9.81. The number of hydrogen-bond acceptors (Lipinski definition) is 4. The van der Waals surface area contributed by atoms with Gasteiger partial charge >= 0.3 is 6.09 Å². The van der Waals surface area contributed by atoms with Crippen molar-refractivity contribution in [3.63, 3.8) is 0 Å². The van der Waals surface area contributed by atoms with Crippen LogP contribution in [0.15, 0.2) is 84.9 Å². The fourth-order valence-corrected chi connectivity index (χ4v) is 5.27. The number of carbonyl (C=O) groups is 1. The third-order valence-corrected chi connectivity index (χ3v) is 7.47. The Bertz CT molecular complexity index is 1450. The molecule has 0 N–H and O–H groups in total. The smallest absolute Gasteiger partial charge is 0.410 e. The second kappa shape index (κ2) is 9.67. The first-order valence-electron chi connectivity index (χ1n) is 12.8. The fraction of sp³-hybridized carbons (Fsp3) is 0.258. The third-order valence-electron chi connectivity index (χ3n) is 7.47. The van der Waals surface area contributed by atoms with Gasteiger partial charge in [-0.2, -0.15) is 0 Å². The largest absolute Gasteiger partial charge is 0.415 e. The summed E-state index contributed by atoms with van der Waals surface area (Å²) < 4.78 is 5.85. The molecule has 36 heavy (non-hydrogen) atoms. The van der Waals surface area contributed by atoms with Crippen molar-refractivity contribution in [2.24, 2.45) is 0 Å². The van der Waals surface area contributed by atoms with Crippen LogP contribution in [0.25, 0.3) is 27.1 Å². The quantitative estimate of drug-likeness (QED) is 0.361. The molecular formula is C31H31N3O2. The van der Waals surface area contributed by atoms with Gasteiger partial charge in [-0.3, -0.25) is 0 Å². The number of hydrogen-bond donors (Lipinski definition) is 0. The molecule has 0 saturated carbocycles. The van der Waals surface area contributed by atoms with Gasteiger partial charge in [-0.05, 0) is 65.0 Å². The Kier molecular flexibility index (Phi) is 6.08. The van der Waals surface area contributed by atoms with Gasteiger partial charge in [0.1, 0.15) is 5.75 Å². The van der Waals surface area contributed by atoms with Gasteiger partial charge in [0.25, 0.3) is 0 Å². The van der Waals surface area contributed by atoms with Gasteiger partial charge in [-0.25, -0.2) is 4.79 Å². The number of nitrogens with zero attached hydrogens (tertiary/aromatic N) is 3. The number of benzene rings is 4. The topological polar surface area (TPSA) is 36.0 Å². The molecule has 1 saturated heterocycles. The van der Waals surface area contributed by atoms with Crippen molar-refractivity contribution in [2.75, 3.05) is 51.2 Å². The normalized spacial score (nSPS) is 16.9. The molecule has 0 bridgehead atoms. The Labute approximate surface area is 212 Å². The average molecular weight is 478 g/mol. The van der Waals surface area contributed by atoms with E-state index < -0.39 is 0 Å². The van der Waals surface area contributed by atoms with Crippen LogP contribution in [0.3, 0.4) is 0 Å². The minimum atomic E-state index is -0.291. The molecule has 5 heteroatoms. The summed E-state index contributed by atoms with van der Waals surface area (Å²) in [6, 6.07) is 27.3. The molecule has 0 atom stereocenters. The Morgan fingerprint density at radius 1 is 0.778 bits per heavy atom. The number of anilines is 1. The summed E-state index contributed by atoms with van der Waals surface area (Å²) in [5.74, 6) is 0.596. The Balaban J connectivity index is 1.16. The number of piperazine rings is 1. The van der Waals surface area contributed by atoms with Crippen molar-refractivity contribution in [1.82, 2.24) is 9.80 Å². The van der Waals surface area contributed by atoms with E-state index in [2.05, 4.69) is 83.6 Å². The van der Waals surface area contributed by atoms with Gasteiger partial charge in [-0.1, -0.05) is 60.7 Å². The van der Waals surface area contributed by atoms with Crippen LogP contribution in [0.5, 0.6) is 5.75 Å². The predicted molar refractivity (Wildman–Crippen MR) is 148 cm³/mol. The van der Waals surface area contributed by atoms with Crippen molar-refractivity contribution in [3.05, 3.63) is 90.5 Å². The van der Waals surface area contributed by atoms with E-state index in [1.54, 1.807) is 4.90 Å². The molecule has 0 aromatic heterocycles. The zero-order valence-corrected chi connectivity index (χ0v) is 20.7. The lowest BCUT2D eigenvalue weighted by molar-refractivity contribution is 0.157. The summed E-state index contributed by atoms with van der Waals surface area (Å²) in [6.45, 7) is 5.31. The molecule has 2 heterocycles. The number of amides is 1. The molecule has 1 amide bonds. The summed E-state index contributed by atoms with van der Waals surface area (Å²) in [4.78, 5) is 19.6. The van der Waals surface area contributed by atoms with E-state index in [0.717, 1.165) is 43.4 Å². The van der Waals surface area contributed by atoms with Gasteiger partial charge in [0.15, 0.2) is 0 Å². The van der Waals surface area contributed by atoms with E-state index in [1.807, 2.05) is 18.2 Å². The zero-order valence-electron chi connectivity index (χ0n) is 20.7. The lowest BCUT2D eigenvalue weighted by atomic mass is 9.97. The number of likely N-dealkylation sites (N-methyl/N-ethyl adjacent to an activating group) is 1. The average Bonchev–Trinajstić information content (AvgIpc) is 2.93. The first kappa shape index (κ1) is 22.6. The minimum absolute atomic E-state index is 0.291. The summed E-state index contributed by atoms with van der Waals surface area (Å²) in [5.41, 5.74) is 3.72. The molecular weight excluding hydrogens is 446 g/mol. The van der Waals surface area contributed by atoms with Gasteiger partial charge in [0, 0.05) is 50.3 Å². The maximum absolute atomic E-state index is 13.0. The second-order valence-corrected chi connectivity index (χ2v) is 9.81. The van der Waals surface area contributed by atoms with Crippen molar-refractivity contribution in [3.8, 4) is 5.75 Å². The Morgan fingerprint density at radius 2 is 1.56 bits per heavy atom. The highest BCUT2D eigenvalue weighted by Crippen LogP contribution is 2.31. The van der Waals surface area contributed by atoms with Crippen LogP contribution < -0.4 is 9.64 Å². The molecule has 2 aliphatic rings. The summed E-state index contributed by atoms with van der Waals surface area (Å²) >= 11 is 0. The van der Waals surface area contributed by atoms with Gasteiger partial charge < -0.3 is 19.4 Å². The molecule has 4 aromatic carbocycles. The van der Waals surface area contributed by atoms with E-state index in [1.165, 1.54) is 27.6 Å². The van der Waals surface area contributed by atoms with Gasteiger partial charge in [0.2, 0.25) is 0 Å². The van der Waals surface area contributed by atoms with Crippen LogP contribution in [0.2, 0.25) is 0 Å². The SMILES string of the molecule is CN1CCN(c2cccc3ccc(OC(=O)N4CC=C(c5ccc6ccccc6c5)CC4)cc23)CC1. The summed E-state index contributed by atoms with van der Waals surface area (Å²) in [5, 5.41) is 4.77. The molecule has 0 spiro atoms. The first-order valence-corrected chi connectivity index (χ1v) is 12.8. The predicted octanol–water partition coefficient (Wildman–Crippen LogP) is 6.03. The molecule has 2 aliphatic heterocycles. The van der Waals surface area contributed by atoms with Crippen LogP contribution in [-0.2, 0) is 0 Å². The molecule has 1 fully saturated rings. The van der Waals surface area contributed by atoms with E-state index in [4.69, 9.17) is 4.74 Å². The summed E-state index contributed by atoms with van der Waals surface area (Å²) in [6.07, 6.45) is 2.68. The highest BCUT2D eigenvalue weighted by Gasteiger charge is 2.21. The lowest BCUT2D eigenvalue weighted by Gasteiger charge is -2.34. The van der Waals surface area contributed by atoms with Crippen LogP contribution in [0, 0.1) is 0 Å². The number of ether oxygens (including phenoxy) is 1. The molecule has 0 unspecified atom stereocenters. The van der Waals surface area contributed by atoms with Crippen molar-refractivity contribution in [2.45, 2.75) is 6.42 Å². The van der Waals surface area contributed by atoms with E-state index in [-0.39, 0.29) is 6.09 Å². The number of rotatable bonds is 3. The van der Waals surface area contributed by atoms with Crippen LogP contribution in [-0.4, -0.2) is 62.2 Å². The highest BCUT2D eigenvalue weighted by atomic mass is 16.6. The van der Waals surface area contributed by atoms with Crippen molar-refractivity contribution >= 4 is 38.9 Å². The Hall–Kier alpha value is -3.83. The van der Waals surface area contributed by atoms with E-state index in [9.17, 15) is 4.79 Å². The van der Waals surface area contributed by atoms with Crippen LogP contribution in [0.1, 0.15) is 12.0 Å². The van der Waals surface area contributed by atoms with Crippen LogP contribution >= 0.6 is 0 Å². The van der Waals surface area contributed by atoms with E-state index in [0.29, 0.717) is 18.8 Å². The van der Waals surface area contributed by atoms with Gasteiger partial charge in [-0.15, -0.1) is 0 Å². The molecule has 0 radical (unpaired) electrons. The van der Waals surface area contributed by atoms with E-state index >= 15 is 0 Å². The van der Waals surface area contributed by atoms with Gasteiger partial charge in [0.05, 0.1) is 0 Å². The molecule has 0 aliphatic carbocycles. The summed E-state index contributed by atoms with van der Waals surface area (Å²) in [7, 11) is 2.17. The third kappa shape index (κ3) is 4.54. The number of fused-ring (bicyclic) bond motifs is 2. The molecule has 4 aromatic rings. The maximum Gasteiger partial charge on any atom is 0.415 e. The molecule has 5 nitrogen and oxygen atoms in total. The standard InChI is InChI=1S/C31H31N3O2/c1-32-17-19-33(20-18-32)30-8-4-7-25-11-12-28(22-29(25)30)36-31(35)34-15-13-24(14-16-34)27-10-9-23-5-2-3-6-26(23)21-27/h2-13,21-22H,14-20H2,1H3. The highest BCUT2D eigenvalue weighted by molar-refractivity contribution is 5.95. The minimum Gasteiger partial charge on any atom is -0.410 e. The lowest BCUT2D eigenvalue weighted by Crippen LogP contribution is -2.44. The van der Waals surface area contributed by atoms with Crippen molar-refractivity contribution < 1.29 is 9.53 Å². The number of carbonyl (C=O) groups excluding carboxylic acids is 1. The molecule has 182 valence electrons. The first-order chi connectivity index (χ1) is 17.6. The molecule has 6 rings (SSSR count). The monoisotopic (exact) mass is 477 g/mol.